The molecular weight excluding hydrogens is 517 g/mol. The van der Waals surface area contributed by atoms with Crippen molar-refractivity contribution in [1.29, 1.82) is 0 Å². The largest absolute Gasteiger partial charge is 0.489 e. The third-order valence-corrected chi connectivity index (χ3v) is 7.29. The maximum absolute atomic E-state index is 13.3. The fourth-order valence-electron chi connectivity index (χ4n) is 4.98. The third kappa shape index (κ3) is 6.39. The maximum atomic E-state index is 13.3. The van der Waals surface area contributed by atoms with E-state index in [0.717, 1.165) is 17.8 Å². The number of aromatic nitrogens is 1. The molecule has 0 aliphatic carbocycles. The highest BCUT2D eigenvalue weighted by molar-refractivity contribution is 6.31. The Hall–Kier alpha value is -2.35. The molecule has 2 fully saturated rings. The minimum atomic E-state index is -4.66. The number of carbonyl (C=O) groups excluding carboxylic acids is 2. The van der Waals surface area contributed by atoms with Crippen LogP contribution in [0.25, 0.3) is 0 Å². The van der Waals surface area contributed by atoms with Crippen LogP contribution in [0, 0.1) is 12.8 Å². The lowest BCUT2D eigenvalue weighted by Crippen LogP contribution is -2.64. The van der Waals surface area contributed by atoms with E-state index >= 15 is 0 Å². The summed E-state index contributed by atoms with van der Waals surface area (Å²) in [6.45, 7) is 5.95. The number of nitrogens with zero attached hydrogens (tertiary/aromatic N) is 3. The fraction of sp³-hybridized carbons (Fsp3) is 0.696. The number of hydrazine groups is 1. The van der Waals surface area contributed by atoms with Crippen molar-refractivity contribution >= 4 is 29.2 Å². The topological polar surface area (TPSA) is 108 Å². The van der Waals surface area contributed by atoms with Crippen LogP contribution in [0.5, 0.6) is 5.75 Å². The van der Waals surface area contributed by atoms with Crippen molar-refractivity contribution in [3.8, 4) is 5.75 Å². The van der Waals surface area contributed by atoms with E-state index in [4.69, 9.17) is 21.1 Å². The normalized spacial score (nSPS) is 24.9. The van der Waals surface area contributed by atoms with E-state index < -0.39 is 30.1 Å². The summed E-state index contributed by atoms with van der Waals surface area (Å²) in [5.74, 6) is -1.87. The molecule has 0 aromatic carbocycles. The molecule has 37 heavy (non-hydrogen) atoms. The predicted molar refractivity (Wildman–Crippen MR) is 129 cm³/mol. The van der Waals surface area contributed by atoms with Crippen molar-refractivity contribution < 1.29 is 32.2 Å². The van der Waals surface area contributed by atoms with Crippen LogP contribution in [0.2, 0.25) is 5.02 Å². The summed E-state index contributed by atoms with van der Waals surface area (Å²) in [6.07, 6.45) is -2.13. The Morgan fingerprint density at radius 2 is 2.19 bits per heavy atom. The fourth-order valence-corrected chi connectivity index (χ4v) is 5.12. The monoisotopic (exact) mass is 548 g/mol. The SMILES string of the molecule is Cc1c(Cl)cnc2c1OCC[C@H]1CN(C(=O)CCOC[C@H](C)NC3CNNC(=O)C3C(F)(F)F)CCN21. The Morgan fingerprint density at radius 1 is 1.41 bits per heavy atom. The number of halogens is 4. The zero-order valence-electron chi connectivity index (χ0n) is 20.7. The zero-order chi connectivity index (χ0) is 26.7. The summed E-state index contributed by atoms with van der Waals surface area (Å²) in [4.78, 5) is 33.0. The molecule has 4 heterocycles. The molecular formula is C23H32ClF3N6O4. The summed E-state index contributed by atoms with van der Waals surface area (Å²) >= 11 is 6.20. The molecule has 1 aromatic heterocycles. The van der Waals surface area contributed by atoms with E-state index in [1.807, 2.05) is 12.3 Å². The molecule has 3 aliphatic heterocycles. The van der Waals surface area contributed by atoms with Gasteiger partial charge in [-0.2, -0.15) is 13.2 Å². The minimum Gasteiger partial charge on any atom is -0.489 e. The first-order valence-corrected chi connectivity index (χ1v) is 12.7. The molecule has 2 amide bonds. The second-order valence-corrected chi connectivity index (χ2v) is 10.0. The van der Waals surface area contributed by atoms with Gasteiger partial charge in [0, 0.05) is 56.4 Å². The van der Waals surface area contributed by atoms with Crippen molar-refractivity contribution in [2.75, 3.05) is 50.9 Å². The molecule has 0 bridgehead atoms. The number of piperazine rings is 1. The highest BCUT2D eigenvalue weighted by atomic mass is 35.5. The van der Waals surface area contributed by atoms with Crippen LogP contribution in [0.1, 0.15) is 25.3 Å². The van der Waals surface area contributed by atoms with Gasteiger partial charge in [-0.3, -0.25) is 15.0 Å². The Labute approximate surface area is 218 Å². The number of fused-ring (bicyclic) bond motifs is 3. The number of nitrogens with one attached hydrogen (secondary N) is 3. The highest BCUT2D eigenvalue weighted by Gasteiger charge is 2.51. The molecule has 1 aromatic rings. The molecule has 206 valence electrons. The van der Waals surface area contributed by atoms with Gasteiger partial charge in [0.05, 0.1) is 37.3 Å². The zero-order valence-corrected chi connectivity index (χ0v) is 21.5. The van der Waals surface area contributed by atoms with Crippen molar-refractivity contribution in [3.05, 3.63) is 16.8 Å². The smallest absolute Gasteiger partial charge is 0.402 e. The van der Waals surface area contributed by atoms with Crippen LogP contribution >= 0.6 is 11.6 Å². The van der Waals surface area contributed by atoms with Crippen molar-refractivity contribution in [1.82, 2.24) is 26.1 Å². The van der Waals surface area contributed by atoms with Gasteiger partial charge in [-0.15, -0.1) is 0 Å². The summed E-state index contributed by atoms with van der Waals surface area (Å²) in [5.41, 5.74) is 5.35. The van der Waals surface area contributed by atoms with Crippen LogP contribution in [-0.2, 0) is 14.3 Å². The molecule has 4 atom stereocenters. The Balaban J connectivity index is 1.22. The number of hydrogen-bond donors (Lipinski definition) is 3. The van der Waals surface area contributed by atoms with Crippen LogP contribution in [0.4, 0.5) is 19.0 Å². The van der Waals surface area contributed by atoms with Gasteiger partial charge in [0.2, 0.25) is 11.8 Å². The van der Waals surface area contributed by atoms with Gasteiger partial charge in [0.15, 0.2) is 17.5 Å². The summed E-state index contributed by atoms with van der Waals surface area (Å²) < 4.78 is 51.3. The van der Waals surface area contributed by atoms with Gasteiger partial charge in [-0.05, 0) is 13.8 Å². The molecule has 0 spiro atoms. The summed E-state index contributed by atoms with van der Waals surface area (Å²) in [5, 5.41) is 3.37. The average molecular weight is 549 g/mol. The second kappa shape index (κ2) is 11.6. The van der Waals surface area contributed by atoms with Gasteiger partial charge >= 0.3 is 6.18 Å². The highest BCUT2D eigenvalue weighted by Crippen LogP contribution is 2.38. The number of pyridine rings is 1. The molecule has 2 unspecified atom stereocenters. The third-order valence-electron chi connectivity index (χ3n) is 6.90. The van der Waals surface area contributed by atoms with Gasteiger partial charge in [-0.25, -0.2) is 10.4 Å². The number of anilines is 1. The van der Waals surface area contributed by atoms with Crippen molar-refractivity contribution in [2.24, 2.45) is 5.92 Å². The van der Waals surface area contributed by atoms with E-state index in [2.05, 4.69) is 20.6 Å². The van der Waals surface area contributed by atoms with E-state index in [-0.39, 0.29) is 38.1 Å². The van der Waals surface area contributed by atoms with Gasteiger partial charge in [-0.1, -0.05) is 11.6 Å². The van der Waals surface area contributed by atoms with Crippen molar-refractivity contribution in [2.45, 2.75) is 51.0 Å². The molecule has 10 nitrogen and oxygen atoms in total. The first kappa shape index (κ1) is 27.7. The maximum Gasteiger partial charge on any atom is 0.402 e. The number of hydrogen-bond acceptors (Lipinski definition) is 8. The summed E-state index contributed by atoms with van der Waals surface area (Å²) in [6, 6.07) is -1.50. The lowest BCUT2D eigenvalue weighted by atomic mass is 9.96. The molecule has 0 radical (unpaired) electrons. The number of rotatable bonds is 7. The van der Waals surface area contributed by atoms with Crippen LogP contribution < -0.4 is 25.8 Å². The van der Waals surface area contributed by atoms with Crippen molar-refractivity contribution in [3.63, 3.8) is 0 Å². The predicted octanol–water partition coefficient (Wildman–Crippen LogP) is 1.41. The second-order valence-electron chi connectivity index (χ2n) is 9.60. The van der Waals surface area contributed by atoms with Crippen LogP contribution in [0.3, 0.4) is 0 Å². The first-order valence-electron chi connectivity index (χ1n) is 12.3. The standard InChI is InChI=1S/C23H32ClF3N6O4/c1-13(30-17-10-29-31-22(35)19(17)23(25,26)27)12-36-7-4-18(34)32-5-6-33-15(11-32)3-8-37-20-14(2)16(24)9-28-21(20)33/h9,13,15,17,19,29-30H,3-8,10-12H2,1-2H3,(H,31,35)/t13-,15-,17?,19?/m0/s1. The molecule has 14 heteroatoms. The minimum absolute atomic E-state index is 0.0452. The quantitative estimate of drug-likeness (QED) is 0.439. The molecule has 0 saturated carbocycles. The Kier molecular flexibility index (Phi) is 8.66. The Morgan fingerprint density at radius 3 is 2.95 bits per heavy atom. The van der Waals surface area contributed by atoms with Gasteiger partial charge < -0.3 is 24.6 Å². The molecule has 3 aliphatic rings. The van der Waals surface area contributed by atoms with Crippen LogP contribution in [-0.4, -0.2) is 92.0 Å². The molecule has 4 rings (SSSR count). The first-order chi connectivity index (χ1) is 17.6. The number of ether oxygens (including phenoxy) is 2. The number of amides is 2. The van der Waals surface area contributed by atoms with E-state index in [1.54, 1.807) is 18.0 Å². The van der Waals surface area contributed by atoms with E-state index in [9.17, 15) is 22.8 Å². The Bertz CT molecular complexity index is 1000. The van der Waals surface area contributed by atoms with Gasteiger partial charge in [0.25, 0.3) is 0 Å². The lowest BCUT2D eigenvalue weighted by molar-refractivity contribution is -0.193. The molecule has 3 N–H and O–H groups in total. The summed E-state index contributed by atoms with van der Waals surface area (Å²) in [7, 11) is 0. The van der Waals surface area contributed by atoms with Gasteiger partial charge in [0.1, 0.15) is 0 Å². The van der Waals surface area contributed by atoms with E-state index in [0.29, 0.717) is 37.0 Å². The van der Waals surface area contributed by atoms with Crippen LogP contribution in [0.15, 0.2) is 6.20 Å². The number of carbonyl (C=O) groups is 2. The van der Waals surface area contributed by atoms with E-state index in [1.165, 1.54) is 0 Å². The average Bonchev–Trinajstić information content (AvgIpc) is 3.02. The lowest BCUT2D eigenvalue weighted by Gasteiger charge is -2.41. The number of alkyl halides is 3. The molecule has 2 saturated heterocycles.